The molecule has 154 valence electrons. The molecule has 2 atom stereocenters. The van der Waals surface area contributed by atoms with Crippen LogP contribution in [0.15, 0.2) is 73.3 Å². The van der Waals surface area contributed by atoms with Gasteiger partial charge in [0.2, 0.25) is 6.29 Å². The van der Waals surface area contributed by atoms with E-state index in [2.05, 4.69) is 81.8 Å². The maximum Gasteiger partial charge on any atom is 0.261 e. The average Bonchev–Trinajstić information content (AvgIpc) is 2.73. The zero-order chi connectivity index (χ0) is 21.3. The molecule has 1 unspecified atom stereocenters. The van der Waals surface area contributed by atoms with Crippen molar-refractivity contribution in [2.75, 3.05) is 13.2 Å². The Bertz CT molecular complexity index is 751. The highest BCUT2D eigenvalue weighted by Gasteiger charge is 2.50. The number of rotatable bonds is 10. The van der Waals surface area contributed by atoms with Gasteiger partial charge in [-0.05, 0) is 28.3 Å². The Morgan fingerprint density at radius 2 is 1.55 bits per heavy atom. The Labute approximate surface area is 176 Å². The Morgan fingerprint density at radius 1 is 1.03 bits per heavy atom. The van der Waals surface area contributed by atoms with Crippen LogP contribution in [-0.2, 0) is 13.9 Å². The second kappa shape index (κ2) is 10.6. The zero-order valence-electron chi connectivity index (χ0n) is 17.9. The van der Waals surface area contributed by atoms with Crippen molar-refractivity contribution in [3.8, 4) is 12.3 Å². The molecule has 4 heteroatoms. The molecule has 0 fully saturated rings. The molecule has 0 heterocycles. The number of hydrogen-bond acceptors (Lipinski definition) is 3. The lowest BCUT2D eigenvalue weighted by Crippen LogP contribution is -2.67. The van der Waals surface area contributed by atoms with Gasteiger partial charge in [-0.3, -0.25) is 0 Å². The standard InChI is InChI=1S/C25H32O3Si/c1-7-21(28-24(8-2)26-9-3)20-27-29(25(4,5)6,22-16-12-10-13-17-22)23-18-14-11-15-19-23/h2,7,10-19,21,24H,1,9,20H2,3-6H3/t21-,24?/m0/s1. The van der Waals surface area contributed by atoms with Crippen molar-refractivity contribution in [2.24, 2.45) is 0 Å². The van der Waals surface area contributed by atoms with Crippen LogP contribution in [0.2, 0.25) is 5.04 Å². The summed E-state index contributed by atoms with van der Waals surface area (Å²) in [6.07, 6.45) is 6.16. The van der Waals surface area contributed by atoms with Gasteiger partial charge >= 0.3 is 0 Å². The lowest BCUT2D eigenvalue weighted by Gasteiger charge is -2.43. The van der Waals surface area contributed by atoms with E-state index in [0.717, 1.165) is 0 Å². The topological polar surface area (TPSA) is 27.7 Å². The fraction of sp³-hybridized carbons (Fsp3) is 0.360. The zero-order valence-corrected chi connectivity index (χ0v) is 18.9. The Morgan fingerprint density at radius 3 is 1.93 bits per heavy atom. The summed E-state index contributed by atoms with van der Waals surface area (Å²) in [4.78, 5) is 0. The van der Waals surface area contributed by atoms with Gasteiger partial charge in [0.25, 0.3) is 8.32 Å². The van der Waals surface area contributed by atoms with E-state index in [1.54, 1.807) is 6.08 Å². The van der Waals surface area contributed by atoms with Crippen LogP contribution >= 0.6 is 0 Å². The fourth-order valence-corrected chi connectivity index (χ4v) is 8.14. The van der Waals surface area contributed by atoms with E-state index in [-0.39, 0.29) is 11.1 Å². The van der Waals surface area contributed by atoms with Crippen LogP contribution in [0.3, 0.4) is 0 Å². The summed E-state index contributed by atoms with van der Waals surface area (Å²) in [5, 5.41) is 2.34. The average molecular weight is 409 g/mol. The molecule has 0 aliphatic heterocycles. The van der Waals surface area contributed by atoms with Gasteiger partial charge in [-0.2, -0.15) is 0 Å². The minimum atomic E-state index is -2.63. The van der Waals surface area contributed by atoms with Crippen LogP contribution in [0, 0.1) is 12.3 Å². The molecule has 29 heavy (non-hydrogen) atoms. The fourth-order valence-electron chi connectivity index (χ4n) is 3.57. The molecule has 0 aromatic heterocycles. The van der Waals surface area contributed by atoms with E-state index in [1.807, 2.05) is 19.1 Å². The van der Waals surface area contributed by atoms with E-state index in [9.17, 15) is 0 Å². The van der Waals surface area contributed by atoms with Gasteiger partial charge in [-0.25, -0.2) is 0 Å². The Hall–Kier alpha value is -2.16. The van der Waals surface area contributed by atoms with Gasteiger partial charge in [-0.1, -0.05) is 87.5 Å². The van der Waals surface area contributed by atoms with Crippen LogP contribution in [0.1, 0.15) is 27.7 Å². The Balaban J connectivity index is 2.43. The van der Waals surface area contributed by atoms with Crippen molar-refractivity contribution in [3.63, 3.8) is 0 Å². The van der Waals surface area contributed by atoms with E-state index in [0.29, 0.717) is 13.2 Å². The minimum Gasteiger partial charge on any atom is -0.404 e. The van der Waals surface area contributed by atoms with Gasteiger partial charge in [0.05, 0.1) is 6.61 Å². The molecular formula is C25H32O3Si. The maximum atomic E-state index is 6.86. The van der Waals surface area contributed by atoms with Gasteiger partial charge in [-0.15, -0.1) is 13.0 Å². The first-order chi connectivity index (χ1) is 13.9. The lowest BCUT2D eigenvalue weighted by molar-refractivity contribution is -0.128. The summed E-state index contributed by atoms with van der Waals surface area (Å²) in [5.41, 5.74) is 0. The first-order valence-corrected chi connectivity index (χ1v) is 11.9. The number of ether oxygens (including phenoxy) is 2. The molecular weight excluding hydrogens is 376 g/mol. The number of terminal acetylenes is 1. The van der Waals surface area contributed by atoms with Crippen LogP contribution in [0.25, 0.3) is 0 Å². The first-order valence-electron chi connectivity index (χ1n) is 9.99. The van der Waals surface area contributed by atoms with Crippen molar-refractivity contribution in [1.29, 1.82) is 0 Å². The van der Waals surface area contributed by atoms with Gasteiger partial charge in [0, 0.05) is 6.61 Å². The van der Waals surface area contributed by atoms with Crippen molar-refractivity contribution in [1.82, 2.24) is 0 Å². The summed E-state index contributed by atoms with van der Waals surface area (Å²) in [6, 6.07) is 21.0. The largest absolute Gasteiger partial charge is 0.404 e. The molecule has 0 amide bonds. The second-order valence-corrected chi connectivity index (χ2v) is 12.1. The highest BCUT2D eigenvalue weighted by molar-refractivity contribution is 6.99. The van der Waals surface area contributed by atoms with Crippen LogP contribution in [0.4, 0.5) is 0 Å². The highest BCUT2D eigenvalue weighted by Crippen LogP contribution is 2.36. The molecule has 2 rings (SSSR count). The second-order valence-electron chi connectivity index (χ2n) is 7.84. The Kier molecular flexibility index (Phi) is 8.42. The predicted molar refractivity (Wildman–Crippen MR) is 123 cm³/mol. The molecule has 0 saturated carbocycles. The monoisotopic (exact) mass is 408 g/mol. The van der Waals surface area contributed by atoms with Crippen molar-refractivity contribution >= 4 is 18.7 Å². The van der Waals surface area contributed by atoms with E-state index < -0.39 is 14.6 Å². The van der Waals surface area contributed by atoms with Gasteiger partial charge < -0.3 is 13.9 Å². The first kappa shape index (κ1) is 23.1. The van der Waals surface area contributed by atoms with Crippen molar-refractivity contribution in [3.05, 3.63) is 73.3 Å². The van der Waals surface area contributed by atoms with E-state index in [1.165, 1.54) is 10.4 Å². The van der Waals surface area contributed by atoms with Crippen LogP contribution < -0.4 is 10.4 Å². The lowest BCUT2D eigenvalue weighted by atomic mass is 10.2. The van der Waals surface area contributed by atoms with Crippen molar-refractivity contribution < 1.29 is 13.9 Å². The minimum absolute atomic E-state index is 0.104. The quantitative estimate of drug-likeness (QED) is 0.256. The normalized spacial score (nSPS) is 14.0. The molecule has 2 aromatic carbocycles. The third kappa shape index (κ3) is 5.46. The molecule has 0 radical (unpaired) electrons. The SMILES string of the molecule is C#CC(OCC)O[C@@H](C=C)CO[Si](c1ccccc1)(c1ccccc1)C(C)(C)C. The highest BCUT2D eigenvalue weighted by atomic mass is 28.4. The number of benzene rings is 2. The molecule has 3 nitrogen and oxygen atoms in total. The van der Waals surface area contributed by atoms with Gasteiger partial charge in [0.1, 0.15) is 6.10 Å². The third-order valence-corrected chi connectivity index (χ3v) is 9.90. The molecule has 0 saturated heterocycles. The van der Waals surface area contributed by atoms with Crippen molar-refractivity contribution in [2.45, 2.75) is 45.1 Å². The summed E-state index contributed by atoms with van der Waals surface area (Å²) < 4.78 is 18.2. The maximum absolute atomic E-state index is 6.86. The van der Waals surface area contributed by atoms with E-state index >= 15 is 0 Å². The molecule has 0 aliphatic rings. The molecule has 0 bridgehead atoms. The number of hydrogen-bond donors (Lipinski definition) is 0. The summed E-state index contributed by atoms with van der Waals surface area (Å²) in [5.74, 6) is 2.52. The predicted octanol–water partition coefficient (Wildman–Crippen LogP) is 4.13. The summed E-state index contributed by atoms with van der Waals surface area (Å²) in [7, 11) is -2.63. The third-order valence-electron chi connectivity index (χ3n) is 4.90. The van der Waals surface area contributed by atoms with Gasteiger partial charge in [0.15, 0.2) is 0 Å². The van der Waals surface area contributed by atoms with E-state index in [4.69, 9.17) is 20.3 Å². The molecule has 0 aliphatic carbocycles. The molecule has 0 spiro atoms. The van der Waals surface area contributed by atoms with Crippen LogP contribution in [0.5, 0.6) is 0 Å². The summed E-state index contributed by atoms with van der Waals surface area (Å²) >= 11 is 0. The molecule has 0 N–H and O–H groups in total. The smallest absolute Gasteiger partial charge is 0.261 e. The van der Waals surface area contributed by atoms with Crippen LogP contribution in [-0.4, -0.2) is 33.9 Å². The molecule has 2 aromatic rings. The summed E-state index contributed by atoms with van der Waals surface area (Å²) in [6.45, 7) is 13.3.